The Bertz CT molecular complexity index is 1010. The maximum atomic E-state index is 9.30. The van der Waals surface area contributed by atoms with Gasteiger partial charge in [0, 0.05) is 44.5 Å². The summed E-state index contributed by atoms with van der Waals surface area (Å²) in [5, 5.41) is 13.9. The highest BCUT2D eigenvalue weighted by Gasteiger charge is 2.18. The van der Waals surface area contributed by atoms with Crippen LogP contribution >= 0.6 is 0 Å². The van der Waals surface area contributed by atoms with Crippen LogP contribution in [0.5, 0.6) is 11.6 Å². The average molecular weight is 374 g/mol. The van der Waals surface area contributed by atoms with Crippen molar-refractivity contribution in [1.82, 2.24) is 14.8 Å². The van der Waals surface area contributed by atoms with Gasteiger partial charge in [-0.05, 0) is 42.7 Å². The van der Waals surface area contributed by atoms with Gasteiger partial charge in [-0.15, -0.1) is 0 Å². The second-order valence-corrected chi connectivity index (χ2v) is 6.84. The van der Waals surface area contributed by atoms with Crippen LogP contribution in [0, 0.1) is 11.3 Å². The number of rotatable bonds is 5. The van der Waals surface area contributed by atoms with E-state index in [0.717, 1.165) is 35.7 Å². The van der Waals surface area contributed by atoms with E-state index in [0.29, 0.717) is 23.7 Å². The first-order valence-corrected chi connectivity index (χ1v) is 9.34. The fraction of sp³-hybridized carbons (Fsp3) is 0.286. The van der Waals surface area contributed by atoms with Crippen LogP contribution in [0.1, 0.15) is 24.0 Å². The fourth-order valence-corrected chi connectivity index (χ4v) is 3.34. The summed E-state index contributed by atoms with van der Waals surface area (Å²) < 4.78 is 7.92. The van der Waals surface area contributed by atoms with Crippen molar-refractivity contribution < 1.29 is 4.74 Å². The monoisotopic (exact) mass is 374 g/mol. The molecule has 0 unspecified atom stereocenters. The van der Waals surface area contributed by atoms with Crippen LogP contribution in [0.15, 0.2) is 42.6 Å². The smallest absolute Gasteiger partial charge is 0.219 e. The van der Waals surface area contributed by atoms with Gasteiger partial charge in [0.2, 0.25) is 5.88 Å². The van der Waals surface area contributed by atoms with Crippen LogP contribution in [-0.4, -0.2) is 27.9 Å². The molecule has 1 aliphatic rings. The molecule has 0 spiro atoms. The molecule has 4 rings (SSSR count). The molecular formula is C21H22N6O. The van der Waals surface area contributed by atoms with Crippen LogP contribution in [0.25, 0.3) is 11.3 Å². The molecular weight excluding hydrogens is 352 g/mol. The van der Waals surface area contributed by atoms with E-state index >= 15 is 0 Å². The van der Waals surface area contributed by atoms with Crippen molar-refractivity contribution in [2.75, 3.05) is 18.0 Å². The highest BCUT2D eigenvalue weighted by Crippen LogP contribution is 2.34. The quantitative estimate of drug-likeness (QED) is 0.737. The molecule has 1 aliphatic heterocycles. The van der Waals surface area contributed by atoms with Gasteiger partial charge in [0.15, 0.2) is 5.82 Å². The molecule has 2 aromatic heterocycles. The van der Waals surface area contributed by atoms with Crippen molar-refractivity contribution >= 4 is 5.82 Å². The summed E-state index contributed by atoms with van der Waals surface area (Å²) in [7, 11) is 1.86. The highest BCUT2D eigenvalue weighted by molar-refractivity contribution is 5.69. The van der Waals surface area contributed by atoms with Gasteiger partial charge in [-0.2, -0.15) is 10.4 Å². The standard InChI is InChI=1S/C21H22N6O/c1-26-21(11-20(25-26)27-8-2-3-9-27)28-19-10-15(12-22)4-6-17(19)18-7-5-16(13-23)14-24-18/h4-7,10-11,14H,2-3,8-9,13,23H2,1H3. The minimum absolute atomic E-state index is 0.443. The fourth-order valence-electron chi connectivity index (χ4n) is 3.34. The topological polar surface area (TPSA) is 93.0 Å². The number of pyridine rings is 1. The Morgan fingerprint density at radius 2 is 2.00 bits per heavy atom. The molecule has 0 atom stereocenters. The summed E-state index contributed by atoms with van der Waals surface area (Å²) >= 11 is 0. The van der Waals surface area contributed by atoms with E-state index in [2.05, 4.69) is 21.1 Å². The number of benzene rings is 1. The molecule has 0 saturated carbocycles. The summed E-state index contributed by atoms with van der Waals surface area (Å²) in [5.74, 6) is 2.11. The third-order valence-corrected chi connectivity index (χ3v) is 4.92. The molecule has 2 N–H and O–H groups in total. The number of aromatic nitrogens is 3. The lowest BCUT2D eigenvalue weighted by atomic mass is 10.1. The maximum Gasteiger partial charge on any atom is 0.219 e. The van der Waals surface area contributed by atoms with Gasteiger partial charge in [0.1, 0.15) is 5.75 Å². The van der Waals surface area contributed by atoms with Gasteiger partial charge in [-0.25, -0.2) is 4.68 Å². The minimum atomic E-state index is 0.443. The number of nitrogens with zero attached hydrogens (tertiary/aromatic N) is 5. The lowest BCUT2D eigenvalue weighted by Gasteiger charge is -2.12. The summed E-state index contributed by atoms with van der Waals surface area (Å²) in [5.41, 5.74) is 8.73. The van der Waals surface area contributed by atoms with E-state index in [1.54, 1.807) is 23.0 Å². The van der Waals surface area contributed by atoms with Gasteiger partial charge in [-0.1, -0.05) is 6.07 Å². The third kappa shape index (κ3) is 3.55. The van der Waals surface area contributed by atoms with Crippen LogP contribution < -0.4 is 15.4 Å². The molecule has 7 nitrogen and oxygen atoms in total. The van der Waals surface area contributed by atoms with Gasteiger partial charge in [0.25, 0.3) is 0 Å². The van der Waals surface area contributed by atoms with Crippen molar-refractivity contribution in [2.45, 2.75) is 19.4 Å². The Morgan fingerprint density at radius 1 is 1.18 bits per heavy atom. The summed E-state index contributed by atoms with van der Waals surface area (Å²) in [6.45, 7) is 2.48. The van der Waals surface area contributed by atoms with Crippen molar-refractivity contribution in [2.24, 2.45) is 12.8 Å². The summed E-state index contributed by atoms with van der Waals surface area (Å²) in [6.07, 6.45) is 4.13. The molecule has 0 aliphatic carbocycles. The second-order valence-electron chi connectivity index (χ2n) is 6.84. The van der Waals surface area contributed by atoms with Gasteiger partial charge >= 0.3 is 0 Å². The van der Waals surface area contributed by atoms with Gasteiger partial charge in [-0.3, -0.25) is 4.98 Å². The zero-order valence-corrected chi connectivity index (χ0v) is 15.8. The Balaban J connectivity index is 1.69. The average Bonchev–Trinajstić information content (AvgIpc) is 3.38. The largest absolute Gasteiger partial charge is 0.438 e. The maximum absolute atomic E-state index is 9.30. The van der Waals surface area contributed by atoms with Crippen LogP contribution in [-0.2, 0) is 13.6 Å². The van der Waals surface area contributed by atoms with E-state index in [9.17, 15) is 5.26 Å². The zero-order chi connectivity index (χ0) is 19.5. The predicted molar refractivity (Wildman–Crippen MR) is 107 cm³/mol. The SMILES string of the molecule is Cn1nc(N2CCCC2)cc1Oc1cc(C#N)ccc1-c1ccc(CN)cn1. The van der Waals surface area contributed by atoms with E-state index in [1.807, 2.05) is 31.3 Å². The number of aryl methyl sites for hydroxylation is 1. The zero-order valence-electron chi connectivity index (χ0n) is 15.8. The Labute approximate surface area is 164 Å². The first-order valence-electron chi connectivity index (χ1n) is 9.34. The van der Waals surface area contributed by atoms with Crippen LogP contribution in [0.3, 0.4) is 0 Å². The van der Waals surface area contributed by atoms with Gasteiger partial charge in [0.05, 0.1) is 17.3 Å². The predicted octanol–water partition coefficient (Wildman–Crippen LogP) is 3.20. The number of hydrogen-bond acceptors (Lipinski definition) is 6. The van der Waals surface area contributed by atoms with E-state index in [-0.39, 0.29) is 0 Å². The van der Waals surface area contributed by atoms with Crippen LogP contribution in [0.2, 0.25) is 0 Å². The normalized spacial score (nSPS) is 13.5. The minimum Gasteiger partial charge on any atom is -0.438 e. The lowest BCUT2D eigenvalue weighted by Crippen LogP contribution is -2.18. The van der Waals surface area contributed by atoms with Crippen LogP contribution in [0.4, 0.5) is 5.82 Å². The number of nitrogens with two attached hydrogens (primary N) is 1. The number of nitriles is 1. The summed E-state index contributed by atoms with van der Waals surface area (Å²) in [4.78, 5) is 6.75. The highest BCUT2D eigenvalue weighted by atomic mass is 16.5. The summed E-state index contributed by atoms with van der Waals surface area (Å²) in [6, 6.07) is 13.3. The van der Waals surface area contributed by atoms with E-state index < -0.39 is 0 Å². The molecule has 0 bridgehead atoms. The number of ether oxygens (including phenoxy) is 1. The molecule has 28 heavy (non-hydrogen) atoms. The second kappa shape index (κ2) is 7.71. The molecule has 0 radical (unpaired) electrons. The van der Waals surface area contributed by atoms with Crippen molar-refractivity contribution in [3.63, 3.8) is 0 Å². The number of anilines is 1. The molecule has 7 heteroatoms. The molecule has 1 fully saturated rings. The molecule has 3 aromatic rings. The first kappa shape index (κ1) is 18.0. The Morgan fingerprint density at radius 3 is 2.68 bits per heavy atom. The Hall–Kier alpha value is -3.37. The molecule has 0 amide bonds. The molecule has 1 saturated heterocycles. The molecule has 142 valence electrons. The van der Waals surface area contributed by atoms with Gasteiger partial charge < -0.3 is 15.4 Å². The van der Waals surface area contributed by atoms with E-state index in [1.165, 1.54) is 12.8 Å². The first-order chi connectivity index (χ1) is 13.7. The van der Waals surface area contributed by atoms with E-state index in [4.69, 9.17) is 10.5 Å². The van der Waals surface area contributed by atoms with Crippen molar-refractivity contribution in [3.05, 3.63) is 53.7 Å². The molecule has 3 heterocycles. The lowest BCUT2D eigenvalue weighted by molar-refractivity contribution is 0.432. The third-order valence-electron chi connectivity index (χ3n) is 4.92. The number of hydrogen-bond donors (Lipinski definition) is 1. The van der Waals surface area contributed by atoms with Crippen molar-refractivity contribution in [3.8, 4) is 29.0 Å². The molecule has 1 aromatic carbocycles. The Kier molecular flexibility index (Phi) is 4.96. The van der Waals surface area contributed by atoms with Crippen molar-refractivity contribution in [1.29, 1.82) is 5.26 Å².